The van der Waals surface area contributed by atoms with Crippen LogP contribution in [0.4, 0.5) is 5.69 Å². The third-order valence-electron chi connectivity index (χ3n) is 7.98. The molecular weight excluding hydrogens is 494 g/mol. The van der Waals surface area contributed by atoms with Crippen LogP contribution in [0, 0.1) is 31.1 Å². The average molecular weight is 542 g/mol. The summed E-state index contributed by atoms with van der Waals surface area (Å²) < 4.78 is 0. The second-order valence-electron chi connectivity index (χ2n) is 13.0. The topological polar surface area (TPSA) is 12.0 Å². The van der Waals surface area contributed by atoms with Crippen molar-refractivity contribution in [1.29, 1.82) is 0 Å². The summed E-state index contributed by atoms with van der Waals surface area (Å²) in [5.41, 5.74) is 13.7. The SMILES string of the molecule is C=C(C)c1ccc(CC(C(=C)Nc2ccc(-c3ccc(C)cc3C)cc2)C2=CC(/C=C/C(C)(C)C)=CCC2C)cc1. The Hall–Kier alpha value is -3.84. The molecule has 2 unspecified atom stereocenters. The molecule has 41 heavy (non-hydrogen) atoms. The number of aryl methyl sites for hydroxylation is 2. The summed E-state index contributed by atoms with van der Waals surface area (Å²) in [5.74, 6) is 0.623. The van der Waals surface area contributed by atoms with E-state index in [1.54, 1.807) is 0 Å². The first kappa shape index (κ1) is 30.1. The fourth-order valence-corrected chi connectivity index (χ4v) is 5.50. The molecule has 0 heterocycles. The van der Waals surface area contributed by atoms with E-state index in [0.29, 0.717) is 5.92 Å². The summed E-state index contributed by atoms with van der Waals surface area (Å²) in [6.45, 7) is 24.2. The maximum absolute atomic E-state index is 4.61. The Morgan fingerprint density at radius 1 is 0.976 bits per heavy atom. The van der Waals surface area contributed by atoms with Crippen molar-refractivity contribution >= 4 is 11.3 Å². The largest absolute Gasteiger partial charge is 0.359 e. The number of nitrogens with one attached hydrogen (secondary N) is 1. The standard InChI is InChI=1S/C40H47N/c1-27(2)34-15-13-32(14-16-34)26-39(38-25-33(12-11-29(38)4)22-23-40(7,8)9)31(6)41-36-19-17-35(18-20-36)37-21-10-28(3)24-30(37)5/h10,12-25,29,39,41H,1,6,11,26H2,2-5,7-9H3/b23-22+. The van der Waals surface area contributed by atoms with Gasteiger partial charge in [0.2, 0.25) is 0 Å². The fraction of sp³-hybridized carbons (Fsp3) is 0.300. The number of benzene rings is 3. The lowest BCUT2D eigenvalue weighted by atomic mass is 9.77. The molecule has 0 bridgehead atoms. The Balaban J connectivity index is 1.62. The van der Waals surface area contributed by atoms with E-state index in [2.05, 4.69) is 158 Å². The molecule has 212 valence electrons. The normalized spacial score (nSPS) is 16.2. The van der Waals surface area contributed by atoms with Crippen LogP contribution in [0.3, 0.4) is 0 Å². The molecule has 0 saturated carbocycles. The van der Waals surface area contributed by atoms with Crippen LogP contribution < -0.4 is 5.32 Å². The summed E-state index contributed by atoms with van der Waals surface area (Å²) in [4.78, 5) is 0. The summed E-state index contributed by atoms with van der Waals surface area (Å²) in [5, 5.41) is 3.70. The fourth-order valence-electron chi connectivity index (χ4n) is 5.50. The van der Waals surface area contributed by atoms with Crippen LogP contribution in [0.2, 0.25) is 0 Å². The molecule has 2 atom stereocenters. The average Bonchev–Trinajstić information content (AvgIpc) is 2.92. The van der Waals surface area contributed by atoms with E-state index in [0.717, 1.165) is 29.8 Å². The van der Waals surface area contributed by atoms with Gasteiger partial charge in [-0.15, -0.1) is 0 Å². The van der Waals surface area contributed by atoms with Gasteiger partial charge in [0.15, 0.2) is 0 Å². The van der Waals surface area contributed by atoms with Gasteiger partial charge >= 0.3 is 0 Å². The summed E-state index contributed by atoms with van der Waals surface area (Å²) in [6.07, 6.45) is 11.3. The summed E-state index contributed by atoms with van der Waals surface area (Å²) in [7, 11) is 0. The highest BCUT2D eigenvalue weighted by molar-refractivity contribution is 5.70. The zero-order chi connectivity index (χ0) is 29.7. The van der Waals surface area contributed by atoms with E-state index in [-0.39, 0.29) is 11.3 Å². The highest BCUT2D eigenvalue weighted by atomic mass is 14.9. The molecule has 1 heteroatoms. The van der Waals surface area contributed by atoms with Crippen molar-refractivity contribution in [2.75, 3.05) is 5.32 Å². The van der Waals surface area contributed by atoms with E-state index in [4.69, 9.17) is 0 Å². The van der Waals surface area contributed by atoms with Gasteiger partial charge in [0.1, 0.15) is 0 Å². The first-order valence-corrected chi connectivity index (χ1v) is 14.9. The number of rotatable bonds is 9. The number of hydrogen-bond donors (Lipinski definition) is 1. The lowest BCUT2D eigenvalue weighted by Crippen LogP contribution is -2.21. The van der Waals surface area contributed by atoms with Gasteiger partial charge in [-0.2, -0.15) is 0 Å². The first-order valence-electron chi connectivity index (χ1n) is 14.9. The molecule has 0 fully saturated rings. The minimum absolute atomic E-state index is 0.150. The molecule has 0 spiro atoms. The van der Waals surface area contributed by atoms with Gasteiger partial charge in [-0.05, 0) is 90.5 Å². The summed E-state index contributed by atoms with van der Waals surface area (Å²) >= 11 is 0. The van der Waals surface area contributed by atoms with Crippen LogP contribution in [0.5, 0.6) is 0 Å². The van der Waals surface area contributed by atoms with Gasteiger partial charge in [-0.25, -0.2) is 0 Å². The minimum atomic E-state index is 0.150. The van der Waals surface area contributed by atoms with Crippen LogP contribution in [-0.4, -0.2) is 0 Å². The monoisotopic (exact) mass is 541 g/mol. The predicted octanol–water partition coefficient (Wildman–Crippen LogP) is 11.3. The van der Waals surface area contributed by atoms with E-state index in [1.165, 1.54) is 44.5 Å². The van der Waals surface area contributed by atoms with Gasteiger partial charge in [0.05, 0.1) is 0 Å². The molecular formula is C40H47N. The molecule has 1 N–H and O–H groups in total. The second kappa shape index (κ2) is 12.8. The van der Waals surface area contributed by atoms with E-state index in [9.17, 15) is 0 Å². The van der Waals surface area contributed by atoms with E-state index < -0.39 is 0 Å². The molecule has 0 amide bonds. The van der Waals surface area contributed by atoms with Crippen LogP contribution >= 0.6 is 0 Å². The molecule has 0 saturated heterocycles. The smallest absolute Gasteiger partial charge is 0.0382 e. The van der Waals surface area contributed by atoms with Gasteiger partial charge in [0, 0.05) is 17.3 Å². The van der Waals surface area contributed by atoms with Crippen molar-refractivity contribution in [1.82, 2.24) is 0 Å². The number of hydrogen-bond acceptors (Lipinski definition) is 1. The van der Waals surface area contributed by atoms with Crippen molar-refractivity contribution in [3.05, 3.63) is 143 Å². The zero-order valence-electron chi connectivity index (χ0n) is 26.1. The summed E-state index contributed by atoms with van der Waals surface area (Å²) in [6, 6.07) is 24.3. The Morgan fingerprint density at radius 2 is 1.66 bits per heavy atom. The van der Waals surface area contributed by atoms with Gasteiger partial charge in [-0.3, -0.25) is 0 Å². The van der Waals surface area contributed by atoms with Crippen LogP contribution in [0.25, 0.3) is 16.7 Å². The molecule has 1 aliphatic carbocycles. The van der Waals surface area contributed by atoms with Gasteiger partial charge in [-0.1, -0.05) is 136 Å². The molecule has 3 aromatic carbocycles. The molecule has 4 rings (SSSR count). The molecule has 0 aliphatic heterocycles. The molecule has 0 aromatic heterocycles. The highest BCUT2D eigenvalue weighted by Crippen LogP contribution is 2.36. The third kappa shape index (κ3) is 8.10. The van der Waals surface area contributed by atoms with Crippen LogP contribution in [-0.2, 0) is 6.42 Å². The van der Waals surface area contributed by atoms with Crippen molar-refractivity contribution in [2.45, 2.75) is 61.3 Å². The lowest BCUT2D eigenvalue weighted by molar-refractivity contribution is 0.543. The second-order valence-corrected chi connectivity index (χ2v) is 13.0. The van der Waals surface area contributed by atoms with Crippen LogP contribution in [0.1, 0.15) is 63.3 Å². The Morgan fingerprint density at radius 3 is 2.27 bits per heavy atom. The molecule has 1 aliphatic rings. The van der Waals surface area contributed by atoms with Gasteiger partial charge < -0.3 is 5.32 Å². The van der Waals surface area contributed by atoms with Crippen molar-refractivity contribution in [3.63, 3.8) is 0 Å². The minimum Gasteiger partial charge on any atom is -0.359 e. The number of allylic oxidation sites excluding steroid dienone is 7. The third-order valence-corrected chi connectivity index (χ3v) is 7.98. The molecule has 3 aromatic rings. The predicted molar refractivity (Wildman–Crippen MR) is 181 cm³/mol. The van der Waals surface area contributed by atoms with Crippen molar-refractivity contribution < 1.29 is 0 Å². The van der Waals surface area contributed by atoms with Crippen molar-refractivity contribution in [3.8, 4) is 11.1 Å². The molecule has 0 radical (unpaired) electrons. The van der Waals surface area contributed by atoms with E-state index in [1.807, 2.05) is 0 Å². The first-order chi connectivity index (χ1) is 19.4. The highest BCUT2D eigenvalue weighted by Gasteiger charge is 2.25. The quantitative estimate of drug-likeness (QED) is 0.284. The zero-order valence-corrected chi connectivity index (χ0v) is 26.1. The van der Waals surface area contributed by atoms with E-state index >= 15 is 0 Å². The maximum atomic E-state index is 4.61. The molecule has 1 nitrogen and oxygen atoms in total. The maximum Gasteiger partial charge on any atom is 0.0382 e. The Kier molecular flexibility index (Phi) is 9.38. The Bertz CT molecular complexity index is 1480. The lowest BCUT2D eigenvalue weighted by Gasteiger charge is -2.30. The Labute approximate surface area is 249 Å². The van der Waals surface area contributed by atoms with Gasteiger partial charge in [0.25, 0.3) is 0 Å². The van der Waals surface area contributed by atoms with Crippen LogP contribution in [0.15, 0.2) is 121 Å². The number of anilines is 1. The van der Waals surface area contributed by atoms with Crippen molar-refractivity contribution in [2.24, 2.45) is 17.3 Å².